The van der Waals surface area contributed by atoms with Crippen molar-refractivity contribution in [3.8, 4) is 0 Å². The van der Waals surface area contributed by atoms with Crippen LogP contribution in [0.1, 0.15) is 51.4 Å². The fraction of sp³-hybridized carbons (Fsp3) is 0.643. The van der Waals surface area contributed by atoms with Crippen molar-refractivity contribution in [3.05, 3.63) is 16.5 Å². The van der Waals surface area contributed by atoms with Crippen molar-refractivity contribution in [2.45, 2.75) is 53.0 Å². The smallest absolute Gasteiger partial charge is 0.242 e. The molecule has 1 aromatic rings. The van der Waals surface area contributed by atoms with Crippen molar-refractivity contribution < 1.29 is 4.79 Å². The maximum absolute atomic E-state index is 11.9. The first kappa shape index (κ1) is 16.7. The Kier molecular flexibility index (Phi) is 6.20. The molecule has 1 atom stereocenters. The van der Waals surface area contributed by atoms with E-state index in [2.05, 4.69) is 20.6 Å². The van der Waals surface area contributed by atoms with Gasteiger partial charge in [0.25, 0.3) is 0 Å². The lowest BCUT2D eigenvalue weighted by Gasteiger charge is -2.17. The van der Waals surface area contributed by atoms with E-state index in [1.165, 1.54) is 0 Å². The fourth-order valence-corrected chi connectivity index (χ4v) is 1.75. The van der Waals surface area contributed by atoms with E-state index >= 15 is 0 Å². The summed E-state index contributed by atoms with van der Waals surface area (Å²) < 4.78 is 0. The van der Waals surface area contributed by atoms with Crippen LogP contribution < -0.4 is 10.6 Å². The molecule has 0 aromatic carbocycles. The summed E-state index contributed by atoms with van der Waals surface area (Å²) in [6.45, 7) is 10.3. The van der Waals surface area contributed by atoms with Gasteiger partial charge in [0.1, 0.15) is 22.8 Å². The van der Waals surface area contributed by atoms with E-state index in [1.807, 2.05) is 27.7 Å². The topological polar surface area (TPSA) is 66.9 Å². The number of hydrogen-bond acceptors (Lipinski definition) is 4. The number of aromatic nitrogens is 2. The number of nitrogens with zero attached hydrogens (tertiary/aromatic N) is 2. The molecule has 0 saturated heterocycles. The second-order valence-corrected chi connectivity index (χ2v) is 5.52. The summed E-state index contributed by atoms with van der Waals surface area (Å²) in [5, 5.41) is 6.38. The van der Waals surface area contributed by atoms with Crippen LogP contribution >= 0.6 is 11.6 Å². The molecule has 1 heterocycles. The van der Waals surface area contributed by atoms with Crippen molar-refractivity contribution in [1.82, 2.24) is 15.3 Å². The Labute approximate surface area is 125 Å². The Hall–Kier alpha value is -1.36. The van der Waals surface area contributed by atoms with Crippen LogP contribution in [-0.4, -0.2) is 28.5 Å². The minimum atomic E-state index is -0.369. The largest absolute Gasteiger partial charge is 0.358 e. The van der Waals surface area contributed by atoms with Gasteiger partial charge in [-0.1, -0.05) is 32.4 Å². The van der Waals surface area contributed by atoms with Gasteiger partial charge in [-0.3, -0.25) is 4.79 Å². The predicted octanol–water partition coefficient (Wildman–Crippen LogP) is 2.89. The van der Waals surface area contributed by atoms with Crippen LogP contribution in [0.15, 0.2) is 0 Å². The van der Waals surface area contributed by atoms with E-state index in [9.17, 15) is 4.79 Å². The molecule has 0 aliphatic heterocycles. The molecule has 0 fully saturated rings. The highest BCUT2D eigenvalue weighted by atomic mass is 35.5. The molecule has 1 amide bonds. The standard InChI is InChI=1S/C14H23ClN4O/c1-6-7-16-14(20)10(5)17-13-9(4)11(15)18-12(19-13)8(2)3/h8,10H,6-7H2,1-5H3,(H,16,20)(H,17,18,19). The Morgan fingerprint density at radius 1 is 1.30 bits per heavy atom. The summed E-state index contributed by atoms with van der Waals surface area (Å²) in [5.74, 6) is 1.42. The van der Waals surface area contributed by atoms with Crippen LogP contribution in [0.4, 0.5) is 5.82 Å². The summed E-state index contributed by atoms with van der Waals surface area (Å²) >= 11 is 6.12. The molecule has 0 bridgehead atoms. The molecule has 112 valence electrons. The Balaban J connectivity index is 2.88. The van der Waals surface area contributed by atoms with Crippen LogP contribution in [-0.2, 0) is 4.79 Å². The van der Waals surface area contributed by atoms with Crippen molar-refractivity contribution in [3.63, 3.8) is 0 Å². The summed E-state index contributed by atoms with van der Waals surface area (Å²) in [6.07, 6.45) is 0.911. The summed E-state index contributed by atoms with van der Waals surface area (Å²) in [6, 6.07) is -0.369. The van der Waals surface area contributed by atoms with Crippen LogP contribution in [0.3, 0.4) is 0 Å². The van der Waals surface area contributed by atoms with Gasteiger partial charge in [0.05, 0.1) is 0 Å². The van der Waals surface area contributed by atoms with E-state index in [0.717, 1.165) is 12.0 Å². The number of halogens is 1. The van der Waals surface area contributed by atoms with Crippen molar-refractivity contribution >= 4 is 23.3 Å². The minimum Gasteiger partial charge on any atom is -0.358 e. The number of carbonyl (C=O) groups excluding carboxylic acids is 1. The lowest BCUT2D eigenvalue weighted by molar-refractivity contribution is -0.121. The minimum absolute atomic E-state index is 0.0490. The molecule has 20 heavy (non-hydrogen) atoms. The van der Waals surface area contributed by atoms with E-state index in [1.54, 1.807) is 6.92 Å². The normalized spacial score (nSPS) is 12.3. The van der Waals surface area contributed by atoms with Crippen molar-refractivity contribution in [2.24, 2.45) is 0 Å². The van der Waals surface area contributed by atoms with Gasteiger partial charge in [0.2, 0.25) is 5.91 Å². The first-order valence-corrected chi connectivity index (χ1v) is 7.32. The average molecular weight is 299 g/mol. The Morgan fingerprint density at radius 2 is 1.95 bits per heavy atom. The Bertz CT molecular complexity index is 476. The molecule has 0 saturated carbocycles. The number of rotatable bonds is 6. The predicted molar refractivity (Wildman–Crippen MR) is 82.3 cm³/mol. The maximum atomic E-state index is 11.9. The SMILES string of the molecule is CCCNC(=O)C(C)Nc1nc(C(C)C)nc(Cl)c1C. The Morgan fingerprint density at radius 3 is 2.50 bits per heavy atom. The zero-order valence-electron chi connectivity index (χ0n) is 12.7. The van der Waals surface area contributed by atoms with E-state index in [-0.39, 0.29) is 17.9 Å². The van der Waals surface area contributed by atoms with Gasteiger partial charge >= 0.3 is 0 Å². The van der Waals surface area contributed by atoms with Crippen LogP contribution in [0, 0.1) is 6.92 Å². The van der Waals surface area contributed by atoms with Gasteiger partial charge < -0.3 is 10.6 Å². The molecule has 6 heteroatoms. The first-order chi connectivity index (χ1) is 9.36. The summed E-state index contributed by atoms with van der Waals surface area (Å²) in [7, 11) is 0. The fourth-order valence-electron chi connectivity index (χ4n) is 1.58. The van der Waals surface area contributed by atoms with E-state index in [4.69, 9.17) is 11.6 Å². The highest BCUT2D eigenvalue weighted by Crippen LogP contribution is 2.23. The first-order valence-electron chi connectivity index (χ1n) is 6.95. The zero-order chi connectivity index (χ0) is 15.3. The molecule has 1 rings (SSSR count). The number of carbonyl (C=O) groups is 1. The summed E-state index contributed by atoms with van der Waals surface area (Å²) in [4.78, 5) is 20.6. The van der Waals surface area contributed by atoms with Gasteiger partial charge in [-0.25, -0.2) is 9.97 Å². The number of hydrogen-bond donors (Lipinski definition) is 2. The van der Waals surface area contributed by atoms with E-state index < -0.39 is 0 Å². The van der Waals surface area contributed by atoms with Crippen LogP contribution in [0.5, 0.6) is 0 Å². The second kappa shape index (κ2) is 7.43. The quantitative estimate of drug-likeness (QED) is 0.793. The highest BCUT2D eigenvalue weighted by molar-refractivity contribution is 6.30. The molecule has 0 radical (unpaired) electrons. The molecule has 1 unspecified atom stereocenters. The van der Waals surface area contributed by atoms with Crippen LogP contribution in [0.2, 0.25) is 5.15 Å². The van der Waals surface area contributed by atoms with Crippen LogP contribution in [0.25, 0.3) is 0 Å². The van der Waals surface area contributed by atoms with E-state index in [0.29, 0.717) is 23.3 Å². The molecule has 2 N–H and O–H groups in total. The van der Waals surface area contributed by atoms with Gasteiger partial charge in [0, 0.05) is 18.0 Å². The third-order valence-corrected chi connectivity index (χ3v) is 3.28. The molecule has 5 nitrogen and oxygen atoms in total. The summed E-state index contributed by atoms with van der Waals surface area (Å²) in [5.41, 5.74) is 0.756. The third kappa shape index (κ3) is 4.34. The average Bonchev–Trinajstić information content (AvgIpc) is 2.40. The molecule has 0 aliphatic rings. The van der Waals surface area contributed by atoms with Gasteiger partial charge in [-0.2, -0.15) is 0 Å². The molecular formula is C14H23ClN4O. The van der Waals surface area contributed by atoms with Crippen molar-refractivity contribution in [1.29, 1.82) is 0 Å². The van der Waals surface area contributed by atoms with Gasteiger partial charge in [0.15, 0.2) is 0 Å². The lowest BCUT2D eigenvalue weighted by atomic mass is 10.2. The third-order valence-electron chi connectivity index (χ3n) is 2.92. The molecule has 1 aromatic heterocycles. The maximum Gasteiger partial charge on any atom is 0.242 e. The molecule has 0 aliphatic carbocycles. The van der Waals surface area contributed by atoms with Gasteiger partial charge in [-0.05, 0) is 20.3 Å². The highest BCUT2D eigenvalue weighted by Gasteiger charge is 2.17. The molecular weight excluding hydrogens is 276 g/mol. The number of anilines is 1. The van der Waals surface area contributed by atoms with Crippen molar-refractivity contribution in [2.75, 3.05) is 11.9 Å². The molecule has 0 spiro atoms. The monoisotopic (exact) mass is 298 g/mol. The van der Waals surface area contributed by atoms with Gasteiger partial charge in [-0.15, -0.1) is 0 Å². The zero-order valence-corrected chi connectivity index (χ0v) is 13.5. The number of nitrogens with one attached hydrogen (secondary N) is 2. The number of amides is 1. The second-order valence-electron chi connectivity index (χ2n) is 5.16. The lowest BCUT2D eigenvalue weighted by Crippen LogP contribution is -2.38.